The molecule has 1 heterocycles. The number of methoxy groups -OCH3 is 1. The van der Waals surface area contributed by atoms with Crippen molar-refractivity contribution in [2.24, 2.45) is 0 Å². The van der Waals surface area contributed by atoms with Crippen LogP contribution in [0, 0.1) is 0 Å². The summed E-state index contributed by atoms with van der Waals surface area (Å²) in [5.74, 6) is 0. The lowest BCUT2D eigenvalue weighted by atomic mass is 10.1. The first-order chi connectivity index (χ1) is 9.83. The average molecular weight is 273 g/mol. The molecular formula is C16H23N3O. The predicted molar refractivity (Wildman–Crippen MR) is 80.7 cm³/mol. The van der Waals surface area contributed by atoms with Gasteiger partial charge < -0.3 is 10.1 Å². The molecule has 1 aromatic heterocycles. The highest BCUT2D eigenvalue weighted by Crippen LogP contribution is 2.08. The molecule has 0 radical (unpaired) electrons. The van der Waals surface area contributed by atoms with Crippen LogP contribution in [0.3, 0.4) is 0 Å². The Bertz CT molecular complexity index is 505. The minimum atomic E-state index is 0.729. The standard InChI is InChI=1S/C16H23N3O/c1-3-14-4-6-15(7-5-14)13-19-16(8-9-18-19)12-17-10-11-20-2/h4-9,17H,3,10-13H2,1-2H3. The highest BCUT2D eigenvalue weighted by Gasteiger charge is 2.03. The van der Waals surface area contributed by atoms with Gasteiger partial charge in [0.2, 0.25) is 0 Å². The molecule has 1 N–H and O–H groups in total. The Balaban J connectivity index is 1.93. The van der Waals surface area contributed by atoms with E-state index in [9.17, 15) is 0 Å². The van der Waals surface area contributed by atoms with Gasteiger partial charge in [0.25, 0.3) is 0 Å². The van der Waals surface area contributed by atoms with Crippen LogP contribution in [0.1, 0.15) is 23.7 Å². The van der Waals surface area contributed by atoms with Crippen LogP contribution < -0.4 is 5.32 Å². The van der Waals surface area contributed by atoms with Gasteiger partial charge in [-0.2, -0.15) is 5.10 Å². The van der Waals surface area contributed by atoms with Gasteiger partial charge in [0.05, 0.1) is 18.8 Å². The molecule has 0 spiro atoms. The van der Waals surface area contributed by atoms with E-state index in [-0.39, 0.29) is 0 Å². The quantitative estimate of drug-likeness (QED) is 0.750. The van der Waals surface area contributed by atoms with Gasteiger partial charge in [0.15, 0.2) is 0 Å². The minimum Gasteiger partial charge on any atom is -0.383 e. The van der Waals surface area contributed by atoms with E-state index in [1.807, 2.05) is 10.9 Å². The van der Waals surface area contributed by atoms with Crippen LogP contribution in [0.2, 0.25) is 0 Å². The maximum Gasteiger partial charge on any atom is 0.0663 e. The first-order valence-corrected chi connectivity index (χ1v) is 7.11. The smallest absolute Gasteiger partial charge is 0.0663 e. The molecule has 0 bridgehead atoms. The van der Waals surface area contributed by atoms with Crippen molar-refractivity contribution >= 4 is 0 Å². The van der Waals surface area contributed by atoms with Gasteiger partial charge >= 0.3 is 0 Å². The van der Waals surface area contributed by atoms with Crippen molar-refractivity contribution in [3.63, 3.8) is 0 Å². The number of aromatic nitrogens is 2. The summed E-state index contributed by atoms with van der Waals surface area (Å²) in [5, 5.41) is 7.75. The topological polar surface area (TPSA) is 39.1 Å². The molecule has 108 valence electrons. The summed E-state index contributed by atoms with van der Waals surface area (Å²) in [6.07, 6.45) is 2.93. The highest BCUT2D eigenvalue weighted by atomic mass is 16.5. The fraction of sp³-hybridized carbons (Fsp3) is 0.438. The number of hydrogen-bond acceptors (Lipinski definition) is 3. The SMILES string of the molecule is CCc1ccc(Cn2nccc2CNCCOC)cc1. The van der Waals surface area contributed by atoms with Crippen LogP contribution >= 0.6 is 0 Å². The second-order valence-electron chi connectivity index (χ2n) is 4.82. The summed E-state index contributed by atoms with van der Waals surface area (Å²) in [4.78, 5) is 0. The number of rotatable bonds is 8. The summed E-state index contributed by atoms with van der Waals surface area (Å²) in [6.45, 7) is 5.39. The number of nitrogens with zero attached hydrogens (tertiary/aromatic N) is 2. The Morgan fingerprint density at radius 1 is 1.15 bits per heavy atom. The van der Waals surface area contributed by atoms with E-state index in [2.05, 4.69) is 47.7 Å². The van der Waals surface area contributed by atoms with E-state index >= 15 is 0 Å². The zero-order chi connectivity index (χ0) is 14.2. The lowest BCUT2D eigenvalue weighted by Gasteiger charge is -2.09. The summed E-state index contributed by atoms with van der Waals surface area (Å²) < 4.78 is 7.07. The van der Waals surface area contributed by atoms with Crippen molar-refractivity contribution in [3.05, 3.63) is 53.3 Å². The molecule has 0 amide bonds. The first kappa shape index (κ1) is 14.8. The maximum atomic E-state index is 5.02. The van der Waals surface area contributed by atoms with Crippen LogP contribution in [0.5, 0.6) is 0 Å². The van der Waals surface area contributed by atoms with E-state index < -0.39 is 0 Å². The van der Waals surface area contributed by atoms with Crippen molar-refractivity contribution in [3.8, 4) is 0 Å². The zero-order valence-corrected chi connectivity index (χ0v) is 12.3. The lowest BCUT2D eigenvalue weighted by molar-refractivity contribution is 0.199. The molecule has 0 saturated carbocycles. The number of nitrogens with one attached hydrogen (secondary N) is 1. The Morgan fingerprint density at radius 3 is 2.60 bits per heavy atom. The van der Waals surface area contributed by atoms with E-state index in [1.165, 1.54) is 16.8 Å². The number of benzene rings is 1. The van der Waals surface area contributed by atoms with Crippen molar-refractivity contribution < 1.29 is 4.74 Å². The summed E-state index contributed by atoms with van der Waals surface area (Å²) >= 11 is 0. The summed E-state index contributed by atoms with van der Waals surface area (Å²) in [7, 11) is 1.71. The second kappa shape index (κ2) is 7.82. The van der Waals surface area contributed by atoms with Crippen molar-refractivity contribution in [1.29, 1.82) is 0 Å². The van der Waals surface area contributed by atoms with Gasteiger partial charge in [-0.1, -0.05) is 31.2 Å². The number of ether oxygens (including phenoxy) is 1. The molecule has 4 heteroatoms. The molecule has 4 nitrogen and oxygen atoms in total. The molecule has 2 rings (SSSR count). The van der Waals surface area contributed by atoms with Gasteiger partial charge in [0, 0.05) is 26.4 Å². The molecule has 0 fully saturated rings. The zero-order valence-electron chi connectivity index (χ0n) is 12.3. The fourth-order valence-electron chi connectivity index (χ4n) is 2.10. The largest absolute Gasteiger partial charge is 0.383 e. The molecule has 0 aliphatic heterocycles. The van der Waals surface area contributed by atoms with E-state index in [1.54, 1.807) is 7.11 Å². The molecule has 0 aliphatic rings. The van der Waals surface area contributed by atoms with Crippen LogP contribution in [-0.2, 0) is 24.2 Å². The third-order valence-electron chi connectivity index (χ3n) is 3.36. The molecule has 0 unspecified atom stereocenters. The third-order valence-corrected chi connectivity index (χ3v) is 3.36. The van der Waals surface area contributed by atoms with Gasteiger partial charge in [-0.3, -0.25) is 4.68 Å². The summed E-state index contributed by atoms with van der Waals surface area (Å²) in [5.41, 5.74) is 3.85. The van der Waals surface area contributed by atoms with Crippen LogP contribution in [0.4, 0.5) is 0 Å². The van der Waals surface area contributed by atoms with E-state index in [4.69, 9.17) is 4.74 Å². The predicted octanol–water partition coefficient (Wildman–Crippen LogP) is 2.23. The second-order valence-corrected chi connectivity index (χ2v) is 4.82. The summed E-state index contributed by atoms with van der Waals surface area (Å²) in [6, 6.07) is 10.8. The van der Waals surface area contributed by atoms with Crippen LogP contribution in [0.25, 0.3) is 0 Å². The average Bonchev–Trinajstić information content (AvgIpc) is 2.92. The van der Waals surface area contributed by atoms with Gasteiger partial charge in [0.1, 0.15) is 0 Å². The molecular weight excluding hydrogens is 250 g/mol. The highest BCUT2D eigenvalue weighted by molar-refractivity contribution is 5.23. The van der Waals surface area contributed by atoms with Crippen LogP contribution in [-0.4, -0.2) is 30.0 Å². The van der Waals surface area contributed by atoms with Crippen molar-refractivity contribution in [2.45, 2.75) is 26.4 Å². The van der Waals surface area contributed by atoms with Gasteiger partial charge in [-0.05, 0) is 23.6 Å². The van der Waals surface area contributed by atoms with Gasteiger partial charge in [-0.15, -0.1) is 0 Å². The Hall–Kier alpha value is -1.65. The van der Waals surface area contributed by atoms with E-state index in [0.717, 1.165) is 32.7 Å². The Morgan fingerprint density at radius 2 is 1.90 bits per heavy atom. The Labute approximate surface area is 120 Å². The number of hydrogen-bond donors (Lipinski definition) is 1. The molecule has 0 atom stereocenters. The fourth-order valence-corrected chi connectivity index (χ4v) is 2.10. The molecule has 20 heavy (non-hydrogen) atoms. The van der Waals surface area contributed by atoms with Crippen LogP contribution in [0.15, 0.2) is 36.5 Å². The first-order valence-electron chi connectivity index (χ1n) is 7.11. The van der Waals surface area contributed by atoms with Gasteiger partial charge in [-0.25, -0.2) is 0 Å². The number of aryl methyl sites for hydroxylation is 1. The third kappa shape index (κ3) is 4.18. The van der Waals surface area contributed by atoms with Crippen molar-refractivity contribution in [2.75, 3.05) is 20.3 Å². The normalized spacial score (nSPS) is 10.9. The molecule has 0 aliphatic carbocycles. The molecule has 0 saturated heterocycles. The monoisotopic (exact) mass is 273 g/mol. The lowest BCUT2D eigenvalue weighted by Crippen LogP contribution is -2.21. The van der Waals surface area contributed by atoms with E-state index in [0.29, 0.717) is 0 Å². The Kier molecular flexibility index (Phi) is 5.77. The van der Waals surface area contributed by atoms with Crippen molar-refractivity contribution in [1.82, 2.24) is 15.1 Å². The molecule has 1 aromatic carbocycles. The maximum absolute atomic E-state index is 5.02. The minimum absolute atomic E-state index is 0.729. The molecule has 2 aromatic rings.